The quantitative estimate of drug-likeness (QED) is 0.509. The van der Waals surface area contributed by atoms with Crippen LogP contribution in [0.4, 0.5) is 0 Å². The van der Waals surface area contributed by atoms with Gasteiger partial charge in [-0.25, -0.2) is 8.42 Å². The molecule has 3 aromatic rings. The molecule has 33 heavy (non-hydrogen) atoms. The van der Waals surface area contributed by atoms with Crippen LogP contribution >= 0.6 is 11.8 Å². The second kappa shape index (κ2) is 9.34. The Labute approximate surface area is 198 Å². The number of nitrogens with one attached hydrogen (secondary N) is 1. The van der Waals surface area contributed by atoms with Gasteiger partial charge in [-0.2, -0.15) is 0 Å². The highest BCUT2D eigenvalue weighted by atomic mass is 32.2. The summed E-state index contributed by atoms with van der Waals surface area (Å²) in [4.78, 5) is 12.4. The van der Waals surface area contributed by atoms with Crippen LogP contribution in [0.5, 0.6) is 0 Å². The summed E-state index contributed by atoms with van der Waals surface area (Å²) in [6, 6.07) is 11.6. The van der Waals surface area contributed by atoms with Crippen LogP contribution in [-0.4, -0.2) is 52.4 Å². The van der Waals surface area contributed by atoms with Gasteiger partial charge in [-0.3, -0.25) is 9.36 Å². The number of carbonyl (C=O) groups is 1. The average Bonchev–Trinajstić information content (AvgIpc) is 3.47. The number of furan rings is 1. The Morgan fingerprint density at radius 1 is 1.21 bits per heavy atom. The summed E-state index contributed by atoms with van der Waals surface area (Å²) in [6.07, 6.45) is 2.08. The van der Waals surface area contributed by atoms with Gasteiger partial charge in [0, 0.05) is 11.6 Å². The minimum Gasteiger partial charge on any atom is -0.467 e. The molecule has 8 nitrogen and oxygen atoms in total. The van der Waals surface area contributed by atoms with Crippen LogP contribution in [0.15, 0.2) is 52.2 Å². The first kappa shape index (κ1) is 23.6. The van der Waals surface area contributed by atoms with Gasteiger partial charge in [0.1, 0.15) is 5.76 Å². The molecule has 10 heteroatoms. The molecule has 1 amide bonds. The van der Waals surface area contributed by atoms with E-state index >= 15 is 0 Å². The molecule has 0 spiro atoms. The van der Waals surface area contributed by atoms with Gasteiger partial charge in [0.05, 0.1) is 30.1 Å². The second-order valence-corrected chi connectivity index (χ2v) is 12.4. The Kier molecular flexibility index (Phi) is 6.67. The summed E-state index contributed by atoms with van der Waals surface area (Å²) in [7, 11) is -3.04. The van der Waals surface area contributed by atoms with E-state index in [0.29, 0.717) is 23.9 Å². The lowest BCUT2D eigenvalue weighted by atomic mass is 9.87. The molecular formula is C23H28N4O4S2. The van der Waals surface area contributed by atoms with Crippen molar-refractivity contribution in [1.82, 2.24) is 20.1 Å². The van der Waals surface area contributed by atoms with Gasteiger partial charge in [0.15, 0.2) is 20.8 Å². The number of sulfone groups is 1. The van der Waals surface area contributed by atoms with E-state index < -0.39 is 9.84 Å². The fourth-order valence-corrected chi connectivity index (χ4v) is 6.16. The molecule has 1 aliphatic rings. The molecule has 1 saturated heterocycles. The lowest BCUT2D eigenvalue weighted by Gasteiger charge is -2.19. The lowest BCUT2D eigenvalue weighted by Crippen LogP contribution is -2.36. The van der Waals surface area contributed by atoms with E-state index in [1.165, 1.54) is 17.3 Å². The maximum Gasteiger partial charge on any atom is 0.230 e. The predicted octanol–water partition coefficient (Wildman–Crippen LogP) is 3.28. The summed E-state index contributed by atoms with van der Waals surface area (Å²) in [5.41, 5.74) is 2.20. The van der Waals surface area contributed by atoms with Gasteiger partial charge in [-0.1, -0.05) is 56.8 Å². The first-order valence-electron chi connectivity index (χ1n) is 10.8. The number of nitrogens with zero attached hydrogens (tertiary/aromatic N) is 3. The zero-order valence-electron chi connectivity index (χ0n) is 18.9. The van der Waals surface area contributed by atoms with Crippen molar-refractivity contribution in [1.29, 1.82) is 0 Å². The van der Waals surface area contributed by atoms with Crippen molar-refractivity contribution in [2.45, 2.75) is 50.4 Å². The SMILES string of the molecule is CC(C)(C)c1ccc(-c2nnc(SCC(=O)N[C@@H]3CCS(=O)(=O)C3)n2Cc2ccco2)cc1. The number of hydrogen-bond acceptors (Lipinski definition) is 7. The van der Waals surface area contributed by atoms with Gasteiger partial charge >= 0.3 is 0 Å². The molecule has 1 aromatic carbocycles. The molecule has 3 heterocycles. The third-order valence-corrected chi connectivity index (χ3v) is 8.28. The summed E-state index contributed by atoms with van der Waals surface area (Å²) >= 11 is 1.27. The van der Waals surface area contributed by atoms with E-state index in [4.69, 9.17) is 4.42 Å². The van der Waals surface area contributed by atoms with Crippen LogP contribution in [0.25, 0.3) is 11.4 Å². The maximum atomic E-state index is 12.4. The third kappa shape index (κ3) is 5.86. The number of benzene rings is 1. The molecule has 0 bridgehead atoms. The summed E-state index contributed by atoms with van der Waals surface area (Å²) in [6.45, 7) is 6.94. The van der Waals surface area contributed by atoms with Crippen molar-refractivity contribution in [3.63, 3.8) is 0 Å². The minimum atomic E-state index is -3.04. The van der Waals surface area contributed by atoms with Crippen LogP contribution in [-0.2, 0) is 26.6 Å². The zero-order chi connectivity index (χ0) is 23.6. The normalized spacial score (nSPS) is 17.8. The molecule has 1 atom stereocenters. The molecule has 2 aromatic heterocycles. The van der Waals surface area contributed by atoms with Crippen molar-refractivity contribution in [2.24, 2.45) is 0 Å². The molecule has 4 rings (SSSR count). The van der Waals surface area contributed by atoms with E-state index in [9.17, 15) is 13.2 Å². The molecule has 0 aliphatic carbocycles. The molecule has 0 saturated carbocycles. The number of rotatable bonds is 7. The van der Waals surface area contributed by atoms with Gasteiger partial charge in [0.2, 0.25) is 5.91 Å². The summed E-state index contributed by atoms with van der Waals surface area (Å²) in [5, 5.41) is 12.1. The van der Waals surface area contributed by atoms with Gasteiger partial charge in [-0.15, -0.1) is 10.2 Å². The molecule has 176 valence electrons. The second-order valence-electron chi connectivity index (χ2n) is 9.26. The number of thioether (sulfide) groups is 1. The van der Waals surface area contributed by atoms with E-state index in [1.54, 1.807) is 6.26 Å². The van der Waals surface area contributed by atoms with Gasteiger partial charge in [-0.05, 0) is 29.5 Å². The highest BCUT2D eigenvalue weighted by Crippen LogP contribution is 2.28. The number of carbonyl (C=O) groups excluding carboxylic acids is 1. The van der Waals surface area contributed by atoms with Crippen molar-refractivity contribution < 1.29 is 17.6 Å². The Hall–Kier alpha value is -2.59. The predicted molar refractivity (Wildman–Crippen MR) is 128 cm³/mol. The topological polar surface area (TPSA) is 107 Å². The molecule has 0 unspecified atom stereocenters. The summed E-state index contributed by atoms with van der Waals surface area (Å²) in [5.74, 6) is 1.48. The van der Waals surface area contributed by atoms with Crippen molar-refractivity contribution in [3.05, 3.63) is 54.0 Å². The number of aromatic nitrogens is 3. The van der Waals surface area contributed by atoms with Gasteiger partial charge in [0.25, 0.3) is 0 Å². The molecular weight excluding hydrogens is 460 g/mol. The largest absolute Gasteiger partial charge is 0.467 e. The fraction of sp³-hybridized carbons (Fsp3) is 0.435. The lowest BCUT2D eigenvalue weighted by molar-refractivity contribution is -0.119. The highest BCUT2D eigenvalue weighted by molar-refractivity contribution is 7.99. The fourth-order valence-electron chi connectivity index (χ4n) is 3.74. The highest BCUT2D eigenvalue weighted by Gasteiger charge is 2.29. The average molecular weight is 489 g/mol. The Morgan fingerprint density at radius 3 is 2.58 bits per heavy atom. The maximum absolute atomic E-state index is 12.4. The van der Waals surface area contributed by atoms with Crippen LogP contribution in [0.2, 0.25) is 0 Å². The standard InChI is InChI=1S/C23H28N4O4S2/c1-23(2,3)17-8-6-16(7-9-17)21-25-26-22(27(21)13-19-5-4-11-31-19)32-14-20(28)24-18-10-12-33(29,30)15-18/h4-9,11,18H,10,12-15H2,1-3H3,(H,24,28)/t18-/m1/s1. The Balaban J connectivity index is 1.52. The van der Waals surface area contributed by atoms with Crippen molar-refractivity contribution in [2.75, 3.05) is 17.3 Å². The number of amides is 1. The first-order chi connectivity index (χ1) is 15.6. The number of hydrogen-bond donors (Lipinski definition) is 1. The van der Waals surface area contributed by atoms with E-state index in [1.807, 2.05) is 28.8 Å². The van der Waals surface area contributed by atoms with Crippen molar-refractivity contribution in [3.8, 4) is 11.4 Å². The molecule has 1 N–H and O–H groups in total. The van der Waals surface area contributed by atoms with Crippen LogP contribution in [0, 0.1) is 0 Å². The molecule has 0 radical (unpaired) electrons. The Bertz CT molecular complexity index is 1210. The minimum absolute atomic E-state index is 0.00674. The first-order valence-corrected chi connectivity index (χ1v) is 13.6. The van der Waals surface area contributed by atoms with E-state index in [2.05, 4.69) is 48.4 Å². The zero-order valence-corrected chi connectivity index (χ0v) is 20.6. The third-order valence-electron chi connectivity index (χ3n) is 5.55. The summed E-state index contributed by atoms with van der Waals surface area (Å²) < 4.78 is 30.7. The van der Waals surface area contributed by atoms with E-state index in [0.717, 1.165) is 11.3 Å². The van der Waals surface area contributed by atoms with E-state index in [-0.39, 0.29) is 34.6 Å². The molecule has 1 fully saturated rings. The smallest absolute Gasteiger partial charge is 0.230 e. The van der Waals surface area contributed by atoms with Gasteiger partial charge < -0.3 is 9.73 Å². The van der Waals surface area contributed by atoms with Crippen LogP contribution in [0.3, 0.4) is 0 Å². The van der Waals surface area contributed by atoms with Crippen LogP contribution in [0.1, 0.15) is 38.5 Å². The Morgan fingerprint density at radius 2 is 1.97 bits per heavy atom. The van der Waals surface area contributed by atoms with Crippen LogP contribution < -0.4 is 5.32 Å². The molecule has 1 aliphatic heterocycles. The van der Waals surface area contributed by atoms with Crippen molar-refractivity contribution >= 4 is 27.5 Å². The monoisotopic (exact) mass is 488 g/mol.